The van der Waals surface area contributed by atoms with Gasteiger partial charge in [0, 0.05) is 24.7 Å². The molecular weight excluding hydrogens is 280 g/mol. The van der Waals surface area contributed by atoms with Crippen molar-refractivity contribution in [3.8, 4) is 5.75 Å². The molecule has 0 heterocycles. The zero-order chi connectivity index (χ0) is 16.4. The van der Waals surface area contributed by atoms with Gasteiger partial charge in [0.25, 0.3) is 5.91 Å². The van der Waals surface area contributed by atoms with Crippen LogP contribution in [0.15, 0.2) is 24.3 Å². The molecule has 0 unspecified atom stereocenters. The number of unbranched alkanes of at least 4 members (excludes halogenated alkanes) is 1. The smallest absolute Gasteiger partial charge is 0.251 e. The van der Waals surface area contributed by atoms with Crippen LogP contribution in [0.25, 0.3) is 0 Å². The Hall–Kier alpha value is -1.59. The van der Waals surface area contributed by atoms with Crippen molar-refractivity contribution in [3.63, 3.8) is 0 Å². The van der Waals surface area contributed by atoms with Gasteiger partial charge in [0.2, 0.25) is 0 Å². The topological polar surface area (TPSA) is 70.6 Å². The first-order chi connectivity index (χ1) is 10.5. The highest BCUT2D eigenvalue weighted by atomic mass is 16.5. The summed E-state index contributed by atoms with van der Waals surface area (Å²) in [5.41, 5.74) is 0.616. The molecule has 1 atom stereocenters. The van der Waals surface area contributed by atoms with Gasteiger partial charge in [0.1, 0.15) is 18.5 Å². The van der Waals surface area contributed by atoms with Gasteiger partial charge in [-0.1, -0.05) is 27.2 Å². The number of ether oxygens (including phenoxy) is 1. The standard InChI is InChI=1S/C17H28N2O3/c1-4-5-10-18-17(21)14-6-8-16(9-7-14)22-12-15(20)11-19-13(2)3/h6-9,13,15,19-20H,4-5,10-12H2,1-3H3,(H,18,21)/t15-/m1/s1. The van der Waals surface area contributed by atoms with E-state index in [0.29, 0.717) is 30.4 Å². The Kier molecular flexibility index (Phi) is 8.55. The first-order valence-electron chi connectivity index (χ1n) is 7.95. The first kappa shape index (κ1) is 18.5. The predicted molar refractivity (Wildman–Crippen MR) is 88.3 cm³/mol. The van der Waals surface area contributed by atoms with Gasteiger partial charge in [-0.3, -0.25) is 4.79 Å². The molecule has 0 bridgehead atoms. The molecule has 124 valence electrons. The fourth-order valence-corrected chi connectivity index (χ4v) is 1.81. The molecule has 1 aromatic rings. The van der Waals surface area contributed by atoms with Crippen LogP contribution in [0, 0.1) is 0 Å². The van der Waals surface area contributed by atoms with Crippen LogP contribution in [-0.2, 0) is 0 Å². The zero-order valence-electron chi connectivity index (χ0n) is 13.8. The van der Waals surface area contributed by atoms with E-state index < -0.39 is 6.10 Å². The Morgan fingerprint density at radius 1 is 1.27 bits per heavy atom. The van der Waals surface area contributed by atoms with Crippen molar-refractivity contribution in [2.45, 2.75) is 45.8 Å². The molecule has 0 spiro atoms. The maximum atomic E-state index is 11.8. The summed E-state index contributed by atoms with van der Waals surface area (Å²) >= 11 is 0. The second kappa shape index (κ2) is 10.2. The minimum atomic E-state index is -0.556. The SMILES string of the molecule is CCCCNC(=O)c1ccc(OC[C@H](O)CNC(C)C)cc1. The summed E-state index contributed by atoms with van der Waals surface area (Å²) in [5, 5.41) is 15.8. The van der Waals surface area contributed by atoms with Crippen molar-refractivity contribution in [2.24, 2.45) is 0 Å². The monoisotopic (exact) mass is 308 g/mol. The highest BCUT2D eigenvalue weighted by Crippen LogP contribution is 2.12. The van der Waals surface area contributed by atoms with Crippen molar-refractivity contribution in [3.05, 3.63) is 29.8 Å². The number of amides is 1. The summed E-state index contributed by atoms with van der Waals surface area (Å²) in [5.74, 6) is 0.579. The molecular formula is C17H28N2O3. The highest BCUT2D eigenvalue weighted by molar-refractivity contribution is 5.94. The summed E-state index contributed by atoms with van der Waals surface area (Å²) in [6.07, 6.45) is 1.48. The number of benzene rings is 1. The fraction of sp³-hybridized carbons (Fsp3) is 0.588. The van der Waals surface area contributed by atoms with E-state index in [-0.39, 0.29) is 12.5 Å². The molecule has 5 heteroatoms. The number of aliphatic hydroxyl groups excluding tert-OH is 1. The third-order valence-corrected chi connectivity index (χ3v) is 3.14. The van der Waals surface area contributed by atoms with Gasteiger partial charge in [-0.05, 0) is 30.7 Å². The number of rotatable bonds is 10. The van der Waals surface area contributed by atoms with Crippen LogP contribution in [0.2, 0.25) is 0 Å². The Balaban J connectivity index is 2.36. The van der Waals surface area contributed by atoms with Gasteiger partial charge < -0.3 is 20.5 Å². The van der Waals surface area contributed by atoms with E-state index >= 15 is 0 Å². The summed E-state index contributed by atoms with van der Waals surface area (Å²) in [4.78, 5) is 11.8. The number of hydrogen-bond donors (Lipinski definition) is 3. The summed E-state index contributed by atoms with van der Waals surface area (Å²) < 4.78 is 5.51. The number of carbonyl (C=O) groups excluding carboxylic acids is 1. The number of aliphatic hydroxyl groups is 1. The van der Waals surface area contributed by atoms with E-state index in [9.17, 15) is 9.90 Å². The molecule has 0 saturated carbocycles. The second-order valence-electron chi connectivity index (χ2n) is 5.66. The molecule has 22 heavy (non-hydrogen) atoms. The molecule has 5 nitrogen and oxygen atoms in total. The number of hydrogen-bond acceptors (Lipinski definition) is 4. The van der Waals surface area contributed by atoms with E-state index in [4.69, 9.17) is 4.74 Å². The normalized spacial score (nSPS) is 12.2. The zero-order valence-corrected chi connectivity index (χ0v) is 13.8. The van der Waals surface area contributed by atoms with E-state index in [0.717, 1.165) is 12.8 Å². The molecule has 1 rings (SSSR count). The molecule has 0 saturated heterocycles. The van der Waals surface area contributed by atoms with Gasteiger partial charge in [-0.15, -0.1) is 0 Å². The van der Waals surface area contributed by atoms with E-state index in [1.54, 1.807) is 24.3 Å². The number of carbonyl (C=O) groups is 1. The Bertz CT molecular complexity index is 432. The Labute approximate surface area is 133 Å². The lowest BCUT2D eigenvalue weighted by Crippen LogP contribution is -2.35. The summed E-state index contributed by atoms with van der Waals surface area (Å²) in [6, 6.07) is 7.29. The Morgan fingerprint density at radius 2 is 1.95 bits per heavy atom. The van der Waals surface area contributed by atoms with Crippen LogP contribution in [0.5, 0.6) is 5.75 Å². The van der Waals surface area contributed by atoms with Crippen molar-refractivity contribution in [1.29, 1.82) is 0 Å². The summed E-state index contributed by atoms with van der Waals surface area (Å²) in [7, 11) is 0. The van der Waals surface area contributed by atoms with E-state index in [2.05, 4.69) is 17.6 Å². The third kappa shape index (κ3) is 7.43. The second-order valence-corrected chi connectivity index (χ2v) is 5.66. The van der Waals surface area contributed by atoms with Crippen molar-refractivity contribution in [1.82, 2.24) is 10.6 Å². The van der Waals surface area contributed by atoms with E-state index in [1.165, 1.54) is 0 Å². The van der Waals surface area contributed by atoms with Gasteiger partial charge >= 0.3 is 0 Å². The lowest BCUT2D eigenvalue weighted by molar-refractivity contribution is 0.0952. The fourth-order valence-electron chi connectivity index (χ4n) is 1.81. The molecule has 0 aliphatic heterocycles. The summed E-state index contributed by atoms with van der Waals surface area (Å²) in [6.45, 7) is 7.55. The molecule has 1 aromatic carbocycles. The average Bonchev–Trinajstić information content (AvgIpc) is 2.51. The lowest BCUT2D eigenvalue weighted by Gasteiger charge is -2.15. The molecule has 0 aliphatic carbocycles. The molecule has 0 radical (unpaired) electrons. The molecule has 3 N–H and O–H groups in total. The number of nitrogens with one attached hydrogen (secondary N) is 2. The van der Waals surface area contributed by atoms with Crippen LogP contribution in [-0.4, -0.2) is 42.9 Å². The van der Waals surface area contributed by atoms with Crippen molar-refractivity contribution < 1.29 is 14.6 Å². The minimum absolute atomic E-state index is 0.0684. The van der Waals surface area contributed by atoms with Gasteiger partial charge in [0.05, 0.1) is 0 Å². The van der Waals surface area contributed by atoms with Crippen molar-refractivity contribution in [2.75, 3.05) is 19.7 Å². The average molecular weight is 308 g/mol. The molecule has 0 aliphatic rings. The minimum Gasteiger partial charge on any atom is -0.491 e. The largest absolute Gasteiger partial charge is 0.491 e. The van der Waals surface area contributed by atoms with Gasteiger partial charge in [-0.2, -0.15) is 0 Å². The highest BCUT2D eigenvalue weighted by Gasteiger charge is 2.07. The first-order valence-corrected chi connectivity index (χ1v) is 7.95. The molecule has 0 fully saturated rings. The van der Waals surface area contributed by atoms with Gasteiger partial charge in [0.15, 0.2) is 0 Å². The van der Waals surface area contributed by atoms with Crippen LogP contribution in [0.4, 0.5) is 0 Å². The predicted octanol–water partition coefficient (Wildman–Crippen LogP) is 1.95. The maximum absolute atomic E-state index is 11.8. The Morgan fingerprint density at radius 3 is 2.55 bits per heavy atom. The van der Waals surface area contributed by atoms with Crippen LogP contribution in [0.1, 0.15) is 44.0 Å². The van der Waals surface area contributed by atoms with E-state index in [1.807, 2.05) is 13.8 Å². The molecule has 0 aromatic heterocycles. The van der Waals surface area contributed by atoms with Crippen LogP contribution >= 0.6 is 0 Å². The third-order valence-electron chi connectivity index (χ3n) is 3.14. The quantitative estimate of drug-likeness (QED) is 0.578. The van der Waals surface area contributed by atoms with Crippen molar-refractivity contribution >= 4 is 5.91 Å². The van der Waals surface area contributed by atoms with Gasteiger partial charge in [-0.25, -0.2) is 0 Å². The maximum Gasteiger partial charge on any atom is 0.251 e. The molecule has 1 amide bonds. The lowest BCUT2D eigenvalue weighted by atomic mass is 10.2. The van der Waals surface area contributed by atoms with Crippen LogP contribution in [0.3, 0.4) is 0 Å². The van der Waals surface area contributed by atoms with Crippen LogP contribution < -0.4 is 15.4 Å².